The van der Waals surface area contributed by atoms with Gasteiger partial charge in [0.15, 0.2) is 11.4 Å². The van der Waals surface area contributed by atoms with Gasteiger partial charge in [-0.1, -0.05) is 0 Å². The molecule has 1 aliphatic rings. The summed E-state index contributed by atoms with van der Waals surface area (Å²) >= 11 is 0. The smallest absolute Gasteiger partial charge is 0.317 e. The minimum absolute atomic E-state index is 0.283. The van der Waals surface area contributed by atoms with Crippen molar-refractivity contribution >= 4 is 0 Å². The van der Waals surface area contributed by atoms with Crippen molar-refractivity contribution in [3.8, 4) is 11.8 Å². The van der Waals surface area contributed by atoms with Gasteiger partial charge in [0.2, 0.25) is 0 Å². The van der Waals surface area contributed by atoms with Crippen LogP contribution in [0.5, 0.6) is 11.8 Å². The summed E-state index contributed by atoms with van der Waals surface area (Å²) in [6.45, 7) is 4.50. The van der Waals surface area contributed by atoms with Gasteiger partial charge in [-0.2, -0.15) is 9.97 Å². The van der Waals surface area contributed by atoms with Crippen molar-refractivity contribution in [2.75, 3.05) is 33.4 Å². The van der Waals surface area contributed by atoms with Crippen molar-refractivity contribution in [2.45, 2.75) is 12.5 Å². The number of aromatic nitrogens is 2. The maximum atomic E-state index is 5.60. The molecule has 1 fully saturated rings. The minimum atomic E-state index is -0.283. The van der Waals surface area contributed by atoms with Gasteiger partial charge in [-0.3, -0.25) is 0 Å². The molecule has 0 radical (unpaired) electrons. The summed E-state index contributed by atoms with van der Waals surface area (Å²) in [5.41, 5.74) is -0.283. The number of likely N-dealkylation sites (N-methyl/N-ethyl adjacent to an activating group) is 1. The summed E-state index contributed by atoms with van der Waals surface area (Å²) in [6, 6.07) is 0.358. The molecular weight excluding hydrogens is 222 g/mol. The fourth-order valence-corrected chi connectivity index (χ4v) is 1.37. The van der Waals surface area contributed by atoms with Crippen molar-refractivity contribution in [2.24, 2.45) is 0 Å². The molecule has 1 aromatic heterocycles. The molecule has 0 spiro atoms. The van der Waals surface area contributed by atoms with Gasteiger partial charge in [-0.25, -0.2) is 0 Å². The summed E-state index contributed by atoms with van der Waals surface area (Å²) in [4.78, 5) is 8.18. The van der Waals surface area contributed by atoms with Gasteiger partial charge in [0, 0.05) is 6.54 Å². The molecule has 0 unspecified atom stereocenters. The van der Waals surface area contributed by atoms with Crippen molar-refractivity contribution in [3.63, 3.8) is 0 Å². The van der Waals surface area contributed by atoms with Gasteiger partial charge in [0.1, 0.15) is 6.61 Å². The zero-order valence-electron chi connectivity index (χ0n) is 10.1. The van der Waals surface area contributed by atoms with Crippen LogP contribution in [0.25, 0.3) is 0 Å². The lowest BCUT2D eigenvalue weighted by Crippen LogP contribution is -2.51. The molecule has 1 N–H and O–H groups in total. The second kappa shape index (κ2) is 5.29. The van der Waals surface area contributed by atoms with Crippen LogP contribution in [0.1, 0.15) is 6.92 Å². The first-order valence-electron chi connectivity index (χ1n) is 5.58. The van der Waals surface area contributed by atoms with Crippen LogP contribution in [-0.2, 0) is 4.74 Å². The summed E-state index contributed by atoms with van der Waals surface area (Å²) in [5.74, 6) is 0.641. The van der Waals surface area contributed by atoms with E-state index in [1.807, 2.05) is 14.0 Å². The minimum Gasteiger partial charge on any atom is -0.489 e. The number of nitrogens with one attached hydrogen (secondary N) is 1. The molecular formula is C11H17N3O3. The molecule has 17 heavy (non-hydrogen) atoms. The highest BCUT2D eigenvalue weighted by atomic mass is 16.6. The average molecular weight is 239 g/mol. The Bertz CT molecular complexity index is 351. The van der Waals surface area contributed by atoms with Crippen molar-refractivity contribution in [1.82, 2.24) is 15.3 Å². The second-order valence-electron chi connectivity index (χ2n) is 4.20. The van der Waals surface area contributed by atoms with Crippen molar-refractivity contribution in [3.05, 3.63) is 12.4 Å². The zero-order chi connectivity index (χ0) is 12.1. The Labute approximate surface area is 100 Å². The van der Waals surface area contributed by atoms with Gasteiger partial charge in [0.05, 0.1) is 25.6 Å². The van der Waals surface area contributed by atoms with Crippen LogP contribution >= 0.6 is 0 Å². The fourth-order valence-electron chi connectivity index (χ4n) is 1.37. The van der Waals surface area contributed by atoms with Gasteiger partial charge in [-0.05, 0) is 14.0 Å². The lowest BCUT2D eigenvalue weighted by atomic mass is 10.1. The van der Waals surface area contributed by atoms with Crippen LogP contribution in [0, 0.1) is 0 Å². The number of hydrogen-bond donors (Lipinski definition) is 1. The summed E-state index contributed by atoms with van der Waals surface area (Å²) < 4.78 is 16.1. The molecule has 0 atom stereocenters. The monoisotopic (exact) mass is 239 g/mol. The van der Waals surface area contributed by atoms with E-state index in [-0.39, 0.29) is 5.60 Å². The predicted octanol–water partition coefficient (Wildman–Crippen LogP) is 0.242. The quantitative estimate of drug-likeness (QED) is 0.717. The van der Waals surface area contributed by atoms with E-state index >= 15 is 0 Å². The van der Waals surface area contributed by atoms with Crippen molar-refractivity contribution in [1.29, 1.82) is 0 Å². The van der Waals surface area contributed by atoms with E-state index < -0.39 is 0 Å². The normalized spacial score (nSPS) is 17.3. The van der Waals surface area contributed by atoms with Crippen molar-refractivity contribution < 1.29 is 14.2 Å². The standard InChI is InChI=1S/C11H17N3O3/c1-11(7-15-8-11)17-10-13-5-9(6-14-10)16-4-3-12-2/h5-6,12H,3-4,7-8H2,1-2H3. The highest BCUT2D eigenvalue weighted by Crippen LogP contribution is 2.22. The summed E-state index contributed by atoms with van der Waals surface area (Å²) in [7, 11) is 1.87. The van der Waals surface area contributed by atoms with Crippen LogP contribution in [0.3, 0.4) is 0 Å². The SMILES string of the molecule is CNCCOc1cnc(OC2(C)COC2)nc1. The molecule has 94 valence electrons. The van der Waals surface area contributed by atoms with Gasteiger partial charge >= 0.3 is 6.01 Å². The maximum absolute atomic E-state index is 5.60. The van der Waals surface area contributed by atoms with E-state index in [0.717, 1.165) is 6.54 Å². The Morgan fingerprint density at radius 3 is 2.65 bits per heavy atom. The van der Waals surface area contributed by atoms with Crippen LogP contribution in [0.15, 0.2) is 12.4 Å². The van der Waals surface area contributed by atoms with Crippen LogP contribution in [-0.4, -0.2) is 49.0 Å². The Morgan fingerprint density at radius 1 is 1.41 bits per heavy atom. The van der Waals surface area contributed by atoms with Gasteiger partial charge < -0.3 is 19.5 Å². The molecule has 1 aliphatic heterocycles. The second-order valence-corrected chi connectivity index (χ2v) is 4.20. The Hall–Kier alpha value is -1.40. The number of ether oxygens (including phenoxy) is 3. The first-order valence-corrected chi connectivity index (χ1v) is 5.58. The lowest BCUT2D eigenvalue weighted by molar-refractivity contribution is -0.153. The highest BCUT2D eigenvalue weighted by Gasteiger charge is 2.36. The maximum Gasteiger partial charge on any atom is 0.317 e. The number of hydrogen-bond acceptors (Lipinski definition) is 6. The summed E-state index contributed by atoms with van der Waals surface area (Å²) in [5, 5.41) is 2.99. The molecule has 1 saturated heterocycles. The first kappa shape index (κ1) is 12.1. The topological polar surface area (TPSA) is 65.5 Å². The Balaban J connectivity index is 1.84. The third-order valence-corrected chi connectivity index (χ3v) is 2.38. The largest absolute Gasteiger partial charge is 0.489 e. The molecule has 2 rings (SSSR count). The Kier molecular flexibility index (Phi) is 3.75. The zero-order valence-corrected chi connectivity index (χ0v) is 10.1. The Morgan fingerprint density at radius 2 is 2.12 bits per heavy atom. The van der Waals surface area contributed by atoms with Crippen LogP contribution in [0.4, 0.5) is 0 Å². The van der Waals surface area contributed by atoms with E-state index in [0.29, 0.717) is 31.6 Å². The molecule has 0 aliphatic carbocycles. The van der Waals surface area contributed by atoms with Crippen LogP contribution < -0.4 is 14.8 Å². The molecule has 6 heteroatoms. The highest BCUT2D eigenvalue weighted by molar-refractivity contribution is 5.14. The molecule has 2 heterocycles. The van der Waals surface area contributed by atoms with Gasteiger partial charge in [0.25, 0.3) is 0 Å². The molecule has 6 nitrogen and oxygen atoms in total. The van der Waals surface area contributed by atoms with E-state index in [1.165, 1.54) is 0 Å². The third kappa shape index (κ3) is 3.28. The molecule has 1 aromatic rings. The van der Waals surface area contributed by atoms with E-state index in [9.17, 15) is 0 Å². The number of rotatable bonds is 6. The average Bonchev–Trinajstić information content (AvgIpc) is 2.30. The van der Waals surface area contributed by atoms with Crippen LogP contribution in [0.2, 0.25) is 0 Å². The molecule has 0 aromatic carbocycles. The predicted molar refractivity (Wildman–Crippen MR) is 61.3 cm³/mol. The molecule has 0 bridgehead atoms. The van der Waals surface area contributed by atoms with Gasteiger partial charge in [-0.15, -0.1) is 0 Å². The van der Waals surface area contributed by atoms with E-state index in [4.69, 9.17) is 14.2 Å². The van der Waals surface area contributed by atoms with E-state index in [1.54, 1.807) is 12.4 Å². The molecule has 0 amide bonds. The molecule has 0 saturated carbocycles. The lowest BCUT2D eigenvalue weighted by Gasteiger charge is -2.36. The van der Waals surface area contributed by atoms with E-state index in [2.05, 4.69) is 15.3 Å². The first-order chi connectivity index (χ1) is 8.22. The third-order valence-electron chi connectivity index (χ3n) is 2.38. The number of nitrogens with zero attached hydrogens (tertiary/aromatic N) is 2. The fraction of sp³-hybridized carbons (Fsp3) is 0.636. The summed E-state index contributed by atoms with van der Waals surface area (Å²) in [6.07, 6.45) is 3.22.